The van der Waals surface area contributed by atoms with Gasteiger partial charge in [0, 0.05) is 30.9 Å². The van der Waals surface area contributed by atoms with Gasteiger partial charge in [-0.3, -0.25) is 4.79 Å². The summed E-state index contributed by atoms with van der Waals surface area (Å²) in [5.74, 6) is 1.78. The Labute approximate surface area is 173 Å². The molecule has 3 rings (SSSR count). The molecule has 0 bridgehead atoms. The molecule has 1 heterocycles. The smallest absolute Gasteiger partial charge is 0.227 e. The predicted octanol–water partition coefficient (Wildman–Crippen LogP) is 4.18. The molecule has 2 aromatic carbocycles. The highest BCUT2D eigenvalue weighted by Gasteiger charge is 2.21. The zero-order valence-corrected chi connectivity index (χ0v) is 17.4. The quantitative estimate of drug-likeness (QED) is 0.546. The molecule has 1 saturated heterocycles. The highest BCUT2D eigenvalue weighted by atomic mass is 16.5. The summed E-state index contributed by atoms with van der Waals surface area (Å²) in [6.07, 6.45) is 1.74. The molecule has 0 saturated carbocycles. The molecule has 1 aliphatic heterocycles. The van der Waals surface area contributed by atoms with E-state index in [4.69, 9.17) is 4.74 Å². The third-order valence-corrected chi connectivity index (χ3v) is 4.57. The van der Waals surface area contributed by atoms with E-state index in [1.54, 1.807) is 0 Å². The van der Waals surface area contributed by atoms with E-state index in [0.29, 0.717) is 13.0 Å². The van der Waals surface area contributed by atoms with E-state index in [0.717, 1.165) is 48.2 Å². The van der Waals surface area contributed by atoms with Crippen LogP contribution in [0.3, 0.4) is 0 Å². The van der Waals surface area contributed by atoms with Gasteiger partial charge in [-0.25, -0.2) is 4.99 Å². The molecule has 0 unspecified atom stereocenters. The lowest BCUT2D eigenvalue weighted by atomic mass is 10.2. The zero-order valence-electron chi connectivity index (χ0n) is 17.4. The Morgan fingerprint density at radius 1 is 1.14 bits per heavy atom. The van der Waals surface area contributed by atoms with E-state index in [-0.39, 0.29) is 12.0 Å². The van der Waals surface area contributed by atoms with Crippen LogP contribution in [0.4, 0.5) is 11.4 Å². The van der Waals surface area contributed by atoms with Gasteiger partial charge in [0.2, 0.25) is 5.91 Å². The fraction of sp³-hybridized carbons (Fsp3) is 0.391. The molecule has 1 fully saturated rings. The number of nitrogens with zero attached hydrogens (tertiary/aromatic N) is 2. The van der Waals surface area contributed by atoms with Gasteiger partial charge in [-0.15, -0.1) is 0 Å². The topological polar surface area (TPSA) is 66.0 Å². The van der Waals surface area contributed by atoms with E-state index in [1.807, 2.05) is 74.2 Å². The molecule has 154 valence electrons. The Balaban J connectivity index is 1.62. The number of ether oxygens (including phenoxy) is 1. The van der Waals surface area contributed by atoms with Crippen LogP contribution in [-0.4, -0.2) is 31.1 Å². The minimum Gasteiger partial charge on any atom is -0.491 e. The molecule has 1 amide bonds. The van der Waals surface area contributed by atoms with Crippen molar-refractivity contribution in [3.05, 3.63) is 54.1 Å². The first-order valence-electron chi connectivity index (χ1n) is 10.3. The average Bonchev–Trinajstić information content (AvgIpc) is 3.14. The van der Waals surface area contributed by atoms with Crippen molar-refractivity contribution in [2.75, 3.05) is 23.3 Å². The Hall–Kier alpha value is -3.02. The summed E-state index contributed by atoms with van der Waals surface area (Å²) >= 11 is 0. The van der Waals surface area contributed by atoms with Crippen molar-refractivity contribution in [3.63, 3.8) is 0 Å². The van der Waals surface area contributed by atoms with Gasteiger partial charge in [0.05, 0.1) is 12.6 Å². The number of carbonyl (C=O) groups is 1. The maximum absolute atomic E-state index is 11.9. The Bertz CT molecular complexity index is 829. The van der Waals surface area contributed by atoms with Gasteiger partial charge in [0.1, 0.15) is 5.75 Å². The number of amides is 1. The van der Waals surface area contributed by atoms with Crippen LogP contribution in [0.5, 0.6) is 5.75 Å². The van der Waals surface area contributed by atoms with Gasteiger partial charge in [0.15, 0.2) is 5.96 Å². The first kappa shape index (κ1) is 20.7. The van der Waals surface area contributed by atoms with Crippen molar-refractivity contribution >= 4 is 23.2 Å². The highest BCUT2D eigenvalue weighted by molar-refractivity contribution is 5.95. The number of anilines is 2. The van der Waals surface area contributed by atoms with Crippen LogP contribution in [0.15, 0.2) is 53.5 Å². The Morgan fingerprint density at radius 2 is 1.86 bits per heavy atom. The summed E-state index contributed by atoms with van der Waals surface area (Å²) < 4.78 is 5.68. The molecule has 2 aromatic rings. The second kappa shape index (κ2) is 9.96. The number of benzene rings is 2. The first-order valence-corrected chi connectivity index (χ1v) is 10.3. The standard InChI is InChI=1S/C23H30N4O2/c1-4-24-23(26-19-9-13-21(14-10-19)29-17(2)3)25-16-18-7-11-20(12-8-18)27-15-5-6-22(27)28/h7-14,17H,4-6,15-16H2,1-3H3,(H2,24,25,26). The van der Waals surface area contributed by atoms with Gasteiger partial charge >= 0.3 is 0 Å². The number of nitrogens with one attached hydrogen (secondary N) is 2. The number of rotatable bonds is 7. The number of hydrogen-bond acceptors (Lipinski definition) is 3. The molecule has 0 spiro atoms. The predicted molar refractivity (Wildman–Crippen MR) is 119 cm³/mol. The lowest BCUT2D eigenvalue weighted by Crippen LogP contribution is -2.30. The summed E-state index contributed by atoms with van der Waals surface area (Å²) in [7, 11) is 0. The molecule has 6 nitrogen and oxygen atoms in total. The van der Waals surface area contributed by atoms with E-state index in [9.17, 15) is 4.79 Å². The van der Waals surface area contributed by atoms with Crippen LogP contribution in [0, 0.1) is 0 Å². The SMILES string of the molecule is CCNC(=NCc1ccc(N2CCCC2=O)cc1)Nc1ccc(OC(C)C)cc1. The summed E-state index contributed by atoms with van der Waals surface area (Å²) in [4.78, 5) is 18.4. The average molecular weight is 395 g/mol. The third-order valence-electron chi connectivity index (χ3n) is 4.57. The Kier molecular flexibility index (Phi) is 7.11. The van der Waals surface area contributed by atoms with Crippen LogP contribution >= 0.6 is 0 Å². The van der Waals surface area contributed by atoms with Crippen molar-refractivity contribution in [2.24, 2.45) is 4.99 Å². The van der Waals surface area contributed by atoms with Crippen LogP contribution in [0.25, 0.3) is 0 Å². The van der Waals surface area contributed by atoms with Crippen molar-refractivity contribution in [3.8, 4) is 5.75 Å². The molecular formula is C23H30N4O2. The highest BCUT2D eigenvalue weighted by Crippen LogP contribution is 2.22. The summed E-state index contributed by atoms with van der Waals surface area (Å²) in [6, 6.07) is 15.9. The van der Waals surface area contributed by atoms with Crippen LogP contribution in [-0.2, 0) is 11.3 Å². The lowest BCUT2D eigenvalue weighted by molar-refractivity contribution is -0.117. The number of guanidine groups is 1. The summed E-state index contributed by atoms with van der Waals surface area (Å²) in [6.45, 7) is 8.20. The molecule has 6 heteroatoms. The number of hydrogen-bond donors (Lipinski definition) is 2. The monoisotopic (exact) mass is 394 g/mol. The van der Waals surface area contributed by atoms with Crippen LogP contribution < -0.4 is 20.3 Å². The fourth-order valence-electron chi connectivity index (χ4n) is 3.21. The van der Waals surface area contributed by atoms with E-state index in [2.05, 4.69) is 15.6 Å². The fourth-order valence-corrected chi connectivity index (χ4v) is 3.21. The number of aliphatic imine (C=N–C) groups is 1. The molecular weight excluding hydrogens is 364 g/mol. The minimum atomic E-state index is 0.155. The van der Waals surface area contributed by atoms with Gasteiger partial charge in [-0.2, -0.15) is 0 Å². The molecule has 0 aromatic heterocycles. The van der Waals surface area contributed by atoms with Crippen LogP contribution in [0.1, 0.15) is 39.2 Å². The van der Waals surface area contributed by atoms with Crippen LogP contribution in [0.2, 0.25) is 0 Å². The van der Waals surface area contributed by atoms with Crippen molar-refractivity contribution in [1.29, 1.82) is 0 Å². The maximum atomic E-state index is 11.9. The second-order valence-electron chi connectivity index (χ2n) is 7.33. The summed E-state index contributed by atoms with van der Waals surface area (Å²) in [5.41, 5.74) is 3.01. The Morgan fingerprint density at radius 3 is 2.45 bits per heavy atom. The van der Waals surface area contributed by atoms with Gasteiger partial charge < -0.3 is 20.3 Å². The molecule has 2 N–H and O–H groups in total. The van der Waals surface area contributed by atoms with E-state index >= 15 is 0 Å². The zero-order chi connectivity index (χ0) is 20.6. The first-order chi connectivity index (χ1) is 14.0. The number of carbonyl (C=O) groups excluding carboxylic acids is 1. The molecule has 0 aliphatic carbocycles. The van der Waals surface area contributed by atoms with Crippen molar-refractivity contribution < 1.29 is 9.53 Å². The second-order valence-corrected chi connectivity index (χ2v) is 7.33. The lowest BCUT2D eigenvalue weighted by Gasteiger charge is -2.16. The van der Waals surface area contributed by atoms with Crippen molar-refractivity contribution in [1.82, 2.24) is 5.32 Å². The third kappa shape index (κ3) is 5.98. The largest absolute Gasteiger partial charge is 0.491 e. The molecule has 0 radical (unpaired) electrons. The molecule has 29 heavy (non-hydrogen) atoms. The van der Waals surface area contributed by atoms with Gasteiger partial charge in [0.25, 0.3) is 0 Å². The van der Waals surface area contributed by atoms with Gasteiger partial charge in [-0.1, -0.05) is 12.1 Å². The van der Waals surface area contributed by atoms with Gasteiger partial charge in [-0.05, 0) is 69.2 Å². The minimum absolute atomic E-state index is 0.155. The van der Waals surface area contributed by atoms with E-state index in [1.165, 1.54) is 0 Å². The molecule has 0 atom stereocenters. The van der Waals surface area contributed by atoms with E-state index < -0.39 is 0 Å². The molecule has 1 aliphatic rings. The maximum Gasteiger partial charge on any atom is 0.227 e. The van der Waals surface area contributed by atoms with Crippen molar-refractivity contribution in [2.45, 2.75) is 46.3 Å². The summed E-state index contributed by atoms with van der Waals surface area (Å²) in [5, 5.41) is 6.59. The normalized spacial score (nSPS) is 14.4.